The van der Waals surface area contributed by atoms with Crippen molar-refractivity contribution in [3.8, 4) is 17.6 Å². The van der Waals surface area contributed by atoms with E-state index in [1.54, 1.807) is 30.6 Å². The maximum absolute atomic E-state index is 12.6. The predicted octanol–water partition coefficient (Wildman–Crippen LogP) is 2.16. The predicted molar refractivity (Wildman–Crippen MR) is 97.2 cm³/mol. The van der Waals surface area contributed by atoms with E-state index in [-0.39, 0.29) is 17.9 Å². The number of rotatable bonds is 6. The lowest BCUT2D eigenvalue weighted by molar-refractivity contribution is -0.386. The molecular weight excluding hydrogens is 368 g/mol. The average molecular weight is 384 g/mol. The van der Waals surface area contributed by atoms with Gasteiger partial charge >= 0.3 is 5.69 Å². The minimum atomic E-state index is -0.878. The van der Waals surface area contributed by atoms with Crippen LogP contribution in [-0.2, 0) is 11.3 Å². The van der Waals surface area contributed by atoms with Gasteiger partial charge in [0.1, 0.15) is 11.8 Å². The molecule has 0 bridgehead atoms. The number of carbonyl (C=O) groups is 1. The van der Waals surface area contributed by atoms with Crippen LogP contribution in [-0.4, -0.2) is 45.1 Å². The largest absolute Gasteiger partial charge is 0.506 e. The minimum absolute atomic E-state index is 0.129. The molecule has 0 aliphatic carbocycles. The Morgan fingerprint density at radius 3 is 2.71 bits per heavy atom. The topological polar surface area (TPSA) is 150 Å². The number of aromatic nitrogens is 1. The number of nitriles is 1. The highest BCUT2D eigenvalue weighted by Crippen LogP contribution is 2.38. The van der Waals surface area contributed by atoms with Gasteiger partial charge in [0.15, 0.2) is 11.3 Å². The number of pyridine rings is 1. The number of phenols is 1. The molecule has 1 amide bonds. The summed E-state index contributed by atoms with van der Waals surface area (Å²) >= 11 is 0. The van der Waals surface area contributed by atoms with Crippen LogP contribution in [0.25, 0.3) is 5.76 Å². The molecule has 1 heterocycles. The molecule has 0 saturated carbocycles. The van der Waals surface area contributed by atoms with Gasteiger partial charge in [-0.25, -0.2) is 0 Å². The first-order chi connectivity index (χ1) is 13.3. The van der Waals surface area contributed by atoms with Crippen molar-refractivity contribution in [2.75, 3.05) is 14.2 Å². The van der Waals surface area contributed by atoms with E-state index in [1.165, 1.54) is 19.1 Å². The Morgan fingerprint density at radius 1 is 1.46 bits per heavy atom. The normalized spacial score (nSPS) is 11.2. The summed E-state index contributed by atoms with van der Waals surface area (Å²) in [5, 5.41) is 40.7. The molecule has 2 rings (SSSR count). The van der Waals surface area contributed by atoms with Crippen LogP contribution in [0.2, 0.25) is 0 Å². The first kappa shape index (κ1) is 20.2. The van der Waals surface area contributed by atoms with E-state index in [4.69, 9.17) is 4.74 Å². The number of methoxy groups -OCH3 is 1. The Labute approximate surface area is 159 Å². The zero-order chi connectivity index (χ0) is 20.8. The molecule has 144 valence electrons. The maximum atomic E-state index is 12.6. The molecule has 10 nitrogen and oxygen atoms in total. The van der Waals surface area contributed by atoms with Crippen molar-refractivity contribution in [2.24, 2.45) is 0 Å². The number of hydrogen-bond donors (Lipinski definition) is 2. The molecule has 0 atom stereocenters. The highest BCUT2D eigenvalue weighted by atomic mass is 16.6. The fraction of sp³-hybridized carbons (Fsp3) is 0.167. The summed E-state index contributed by atoms with van der Waals surface area (Å²) in [4.78, 5) is 27.9. The van der Waals surface area contributed by atoms with Gasteiger partial charge in [-0.15, -0.1) is 0 Å². The van der Waals surface area contributed by atoms with Crippen LogP contribution in [0.3, 0.4) is 0 Å². The number of aromatic hydroxyl groups is 1. The number of nitrogens with zero attached hydrogens (tertiary/aromatic N) is 4. The van der Waals surface area contributed by atoms with Crippen LogP contribution in [0.15, 0.2) is 42.2 Å². The molecule has 0 radical (unpaired) electrons. The Bertz CT molecular complexity index is 982. The SMILES string of the molecule is COc1cc(/C(O)=C(\C#N)C(=O)N(C)Cc2cccnc2)cc([N+](=O)[O-])c1O. The number of nitro groups is 1. The van der Waals surface area contributed by atoms with Crippen molar-refractivity contribution in [3.05, 3.63) is 63.5 Å². The molecule has 0 aliphatic heterocycles. The Kier molecular flexibility index (Phi) is 6.13. The molecule has 28 heavy (non-hydrogen) atoms. The molecule has 10 heteroatoms. The monoisotopic (exact) mass is 384 g/mol. The number of nitro benzene ring substituents is 1. The second kappa shape index (κ2) is 8.50. The molecule has 1 aromatic heterocycles. The van der Waals surface area contributed by atoms with Crippen LogP contribution >= 0.6 is 0 Å². The van der Waals surface area contributed by atoms with Crippen molar-refractivity contribution in [3.63, 3.8) is 0 Å². The smallest absolute Gasteiger partial charge is 0.315 e. The first-order valence-corrected chi connectivity index (χ1v) is 7.83. The number of carbonyl (C=O) groups excluding carboxylic acids is 1. The Balaban J connectivity index is 2.45. The lowest BCUT2D eigenvalue weighted by Gasteiger charge is -2.17. The van der Waals surface area contributed by atoms with Crippen LogP contribution in [0, 0.1) is 21.4 Å². The van der Waals surface area contributed by atoms with E-state index in [1.807, 2.05) is 0 Å². The summed E-state index contributed by atoms with van der Waals surface area (Å²) < 4.78 is 4.85. The number of likely N-dealkylation sites (N-methyl/N-ethyl adjacent to an activating group) is 1. The lowest BCUT2D eigenvalue weighted by Crippen LogP contribution is -2.28. The zero-order valence-corrected chi connectivity index (χ0v) is 15.0. The molecule has 0 aliphatic rings. The second-order valence-corrected chi connectivity index (χ2v) is 5.66. The van der Waals surface area contributed by atoms with E-state index in [9.17, 15) is 30.4 Å². The fourth-order valence-electron chi connectivity index (χ4n) is 2.40. The number of ether oxygens (including phenoxy) is 1. The van der Waals surface area contributed by atoms with E-state index >= 15 is 0 Å². The number of aliphatic hydroxyl groups excluding tert-OH is 1. The quantitative estimate of drug-likeness (QED) is 0.253. The third-order valence-electron chi connectivity index (χ3n) is 3.80. The number of hydrogen-bond acceptors (Lipinski definition) is 8. The van der Waals surface area contributed by atoms with Crippen molar-refractivity contribution in [1.82, 2.24) is 9.88 Å². The highest BCUT2D eigenvalue weighted by molar-refractivity contribution is 6.03. The highest BCUT2D eigenvalue weighted by Gasteiger charge is 2.25. The number of aliphatic hydroxyl groups is 1. The van der Waals surface area contributed by atoms with Crippen LogP contribution < -0.4 is 4.74 Å². The summed E-state index contributed by atoms with van der Waals surface area (Å²) in [5.41, 5.74) is -0.874. The lowest BCUT2D eigenvalue weighted by atomic mass is 10.1. The van der Waals surface area contributed by atoms with Gasteiger partial charge in [-0.1, -0.05) is 6.07 Å². The van der Waals surface area contributed by atoms with Crippen LogP contribution in [0.5, 0.6) is 11.5 Å². The molecular formula is C18H16N4O6. The number of benzene rings is 1. The van der Waals surface area contributed by atoms with E-state index in [2.05, 4.69) is 4.98 Å². The van der Waals surface area contributed by atoms with E-state index in [0.29, 0.717) is 5.56 Å². The summed E-state index contributed by atoms with van der Waals surface area (Å²) in [6, 6.07) is 6.98. The molecule has 2 N–H and O–H groups in total. The summed E-state index contributed by atoms with van der Waals surface area (Å²) in [6.07, 6.45) is 3.12. The minimum Gasteiger partial charge on any atom is -0.506 e. The molecule has 1 aromatic carbocycles. The van der Waals surface area contributed by atoms with Gasteiger partial charge in [-0.2, -0.15) is 5.26 Å². The van der Waals surface area contributed by atoms with Gasteiger partial charge in [0.05, 0.1) is 12.0 Å². The zero-order valence-electron chi connectivity index (χ0n) is 15.0. The average Bonchev–Trinajstić information content (AvgIpc) is 2.68. The third-order valence-corrected chi connectivity index (χ3v) is 3.80. The van der Waals surface area contributed by atoms with Crippen molar-refractivity contribution >= 4 is 17.4 Å². The van der Waals surface area contributed by atoms with Gasteiger partial charge < -0.3 is 19.8 Å². The van der Waals surface area contributed by atoms with Gasteiger partial charge in [-0.05, 0) is 17.7 Å². The summed E-state index contributed by atoms with van der Waals surface area (Å²) in [5.74, 6) is -2.59. The van der Waals surface area contributed by atoms with Crippen molar-refractivity contribution in [1.29, 1.82) is 5.26 Å². The molecule has 2 aromatic rings. The Morgan fingerprint density at radius 2 is 2.18 bits per heavy atom. The van der Waals surface area contributed by atoms with E-state index in [0.717, 1.165) is 12.1 Å². The van der Waals surface area contributed by atoms with Gasteiger partial charge in [0, 0.05) is 37.6 Å². The second-order valence-electron chi connectivity index (χ2n) is 5.66. The van der Waals surface area contributed by atoms with E-state index < -0.39 is 33.6 Å². The van der Waals surface area contributed by atoms with Gasteiger partial charge in [0.2, 0.25) is 5.75 Å². The van der Waals surface area contributed by atoms with Crippen LogP contribution in [0.4, 0.5) is 5.69 Å². The first-order valence-electron chi connectivity index (χ1n) is 7.83. The number of phenolic OH excluding ortho intramolecular Hbond substituents is 1. The van der Waals surface area contributed by atoms with Crippen molar-refractivity contribution < 1.29 is 24.7 Å². The third kappa shape index (κ3) is 4.16. The number of amides is 1. The maximum Gasteiger partial charge on any atom is 0.315 e. The summed E-state index contributed by atoms with van der Waals surface area (Å²) in [6.45, 7) is 0.129. The standard InChI is InChI=1S/C18H16N4O6/c1-21(10-11-4-3-5-20-9-11)18(25)13(8-19)16(23)12-6-14(22(26)27)17(24)15(7-12)28-2/h3-7,9,23-24H,10H2,1-2H3/b16-13-. The summed E-state index contributed by atoms with van der Waals surface area (Å²) in [7, 11) is 2.60. The molecule has 0 spiro atoms. The molecule has 0 unspecified atom stereocenters. The van der Waals surface area contributed by atoms with Gasteiger partial charge in [-0.3, -0.25) is 19.9 Å². The van der Waals surface area contributed by atoms with Crippen LogP contribution in [0.1, 0.15) is 11.1 Å². The van der Waals surface area contributed by atoms with Gasteiger partial charge in [0.25, 0.3) is 5.91 Å². The van der Waals surface area contributed by atoms with Crippen molar-refractivity contribution in [2.45, 2.75) is 6.54 Å². The molecule has 0 saturated heterocycles. The fourth-order valence-corrected chi connectivity index (χ4v) is 2.40. The Hall–Kier alpha value is -4.13. The molecule has 0 fully saturated rings.